The summed E-state index contributed by atoms with van der Waals surface area (Å²) in [6.45, 7) is 30.0. The van der Waals surface area contributed by atoms with Gasteiger partial charge in [0.05, 0.1) is 0 Å². The van der Waals surface area contributed by atoms with E-state index in [1.807, 2.05) is 0 Å². The second kappa shape index (κ2) is 10.8. The highest BCUT2D eigenvalue weighted by Crippen LogP contribution is 2.49. The number of hydrogen-bond acceptors (Lipinski definition) is 1. The number of nitrogens with zero attached hydrogens (tertiary/aromatic N) is 2. The van der Waals surface area contributed by atoms with Crippen LogP contribution < -0.4 is 15.8 Å². The Morgan fingerprint density at radius 2 is 1.10 bits per heavy atom. The van der Waals surface area contributed by atoms with Crippen molar-refractivity contribution in [1.29, 1.82) is 0 Å². The largest absolute Gasteiger partial charge is 0.375 e. The Kier molecular flexibility index (Phi) is 7.23. The minimum Gasteiger partial charge on any atom is -0.375 e. The van der Waals surface area contributed by atoms with Crippen LogP contribution in [0.4, 0.5) is 17.1 Å². The quantitative estimate of drug-likeness (QED) is 0.156. The zero-order valence-electron chi connectivity index (χ0n) is 32.9. The molecule has 0 saturated carbocycles. The van der Waals surface area contributed by atoms with E-state index in [-0.39, 0.29) is 28.5 Å². The molecule has 6 aromatic rings. The van der Waals surface area contributed by atoms with Crippen LogP contribution in [0.5, 0.6) is 0 Å². The molecule has 260 valence electrons. The maximum atomic E-state index is 7.36. The van der Waals surface area contributed by atoms with E-state index in [0.717, 1.165) is 16.3 Å². The summed E-state index contributed by atoms with van der Waals surface area (Å²) in [5, 5.41) is 3.47. The predicted molar refractivity (Wildman–Crippen MR) is 225 cm³/mol. The van der Waals surface area contributed by atoms with E-state index in [1.54, 1.807) is 0 Å². The molecular formula is C47H52BClN2. The number of hydrogen-bond donors (Lipinski definition) is 0. The van der Waals surface area contributed by atoms with Gasteiger partial charge in [-0.05, 0) is 121 Å². The molecule has 5 aromatic carbocycles. The normalized spacial score (nSPS) is 14.4. The van der Waals surface area contributed by atoms with Crippen molar-refractivity contribution in [1.82, 2.24) is 4.48 Å². The van der Waals surface area contributed by atoms with Gasteiger partial charge in [0, 0.05) is 49.5 Å². The van der Waals surface area contributed by atoms with Gasteiger partial charge in [0.25, 0.3) is 0 Å². The van der Waals surface area contributed by atoms with Crippen LogP contribution in [0.1, 0.15) is 111 Å². The van der Waals surface area contributed by atoms with Gasteiger partial charge in [0.15, 0.2) is 0 Å². The Morgan fingerprint density at radius 1 is 0.549 bits per heavy atom. The number of benzene rings is 5. The number of halogens is 1. The number of aromatic nitrogens is 1. The lowest BCUT2D eigenvalue weighted by molar-refractivity contribution is 0.590. The van der Waals surface area contributed by atoms with Crippen LogP contribution in [0.25, 0.3) is 32.9 Å². The Hall–Kier alpha value is -3.95. The van der Waals surface area contributed by atoms with Crippen molar-refractivity contribution in [3.63, 3.8) is 0 Å². The topological polar surface area (TPSA) is 8.17 Å². The van der Waals surface area contributed by atoms with Crippen molar-refractivity contribution in [3.05, 3.63) is 112 Å². The number of rotatable bonds is 1. The Labute approximate surface area is 310 Å². The third kappa shape index (κ3) is 5.13. The lowest BCUT2D eigenvalue weighted by Gasteiger charge is -2.42. The van der Waals surface area contributed by atoms with Gasteiger partial charge in [0.1, 0.15) is 0 Å². The molecule has 4 heteroatoms. The second-order valence-corrected chi connectivity index (χ2v) is 19.8. The van der Waals surface area contributed by atoms with Crippen molar-refractivity contribution < 1.29 is 0 Å². The fourth-order valence-corrected chi connectivity index (χ4v) is 8.69. The lowest BCUT2D eigenvalue weighted by atomic mass is 9.44. The first-order valence-electron chi connectivity index (χ1n) is 18.7. The molecule has 0 radical (unpaired) electrons. The summed E-state index contributed by atoms with van der Waals surface area (Å²) in [6.07, 6.45) is 0. The molecule has 51 heavy (non-hydrogen) atoms. The highest BCUT2D eigenvalue weighted by Gasteiger charge is 2.44. The van der Waals surface area contributed by atoms with Gasteiger partial charge in [-0.2, -0.15) is 0 Å². The van der Waals surface area contributed by atoms with Gasteiger partial charge in [-0.15, -0.1) is 0 Å². The average Bonchev–Trinajstić information content (AvgIpc) is 3.36. The first kappa shape index (κ1) is 34.2. The molecule has 1 aromatic heterocycles. The van der Waals surface area contributed by atoms with Gasteiger partial charge in [0.2, 0.25) is 0 Å². The van der Waals surface area contributed by atoms with Crippen LogP contribution >= 0.6 is 11.6 Å². The molecular weight excluding hydrogens is 639 g/mol. The molecule has 0 bridgehead atoms. The maximum absolute atomic E-state index is 7.36. The Balaban J connectivity index is 1.56. The highest BCUT2D eigenvalue weighted by atomic mass is 35.5. The van der Waals surface area contributed by atoms with Crippen LogP contribution in [0.15, 0.2) is 78.9 Å². The minimum absolute atomic E-state index is 0.00287. The lowest BCUT2D eigenvalue weighted by Crippen LogP contribution is -2.57. The highest BCUT2D eigenvalue weighted by molar-refractivity contribution is 6.90. The molecule has 0 fully saturated rings. The first-order valence-corrected chi connectivity index (χ1v) is 19.1. The molecule has 0 unspecified atom stereocenters. The summed E-state index contributed by atoms with van der Waals surface area (Å²) in [5.74, 6) is 0. The van der Waals surface area contributed by atoms with E-state index < -0.39 is 0 Å². The third-order valence-electron chi connectivity index (χ3n) is 11.6. The Morgan fingerprint density at radius 3 is 1.71 bits per heavy atom. The van der Waals surface area contributed by atoms with Gasteiger partial charge < -0.3 is 9.38 Å². The van der Waals surface area contributed by atoms with Crippen LogP contribution in [0.2, 0.25) is 5.02 Å². The van der Waals surface area contributed by atoms with Crippen LogP contribution in [0.3, 0.4) is 0 Å². The SMILES string of the molecule is Cc1c(Cl)cc2c3c1-c1cc(C(C)(C)C)cc4c5cc(C(C)(C)C)ccc5n(c14)B3c1cc(C(C)(C)C)ccc1N2c1ccc(C(C)(C)C)cc1. The number of anilines is 3. The molecule has 2 aliphatic rings. The summed E-state index contributed by atoms with van der Waals surface area (Å²) in [5.41, 5.74) is 18.0. The van der Waals surface area contributed by atoms with Gasteiger partial charge >= 0.3 is 6.85 Å². The summed E-state index contributed by atoms with van der Waals surface area (Å²) < 4.78 is 2.68. The van der Waals surface area contributed by atoms with E-state index in [1.165, 1.54) is 77.5 Å². The molecule has 3 heterocycles. The first-order chi connectivity index (χ1) is 23.7. The average molecular weight is 691 g/mol. The van der Waals surface area contributed by atoms with Crippen molar-refractivity contribution in [3.8, 4) is 11.1 Å². The fraction of sp³-hybridized carbons (Fsp3) is 0.362. The van der Waals surface area contributed by atoms with E-state index >= 15 is 0 Å². The fourth-order valence-electron chi connectivity index (χ4n) is 8.49. The summed E-state index contributed by atoms with van der Waals surface area (Å²) in [6, 6.07) is 30.8. The summed E-state index contributed by atoms with van der Waals surface area (Å²) >= 11 is 7.36. The summed E-state index contributed by atoms with van der Waals surface area (Å²) in [7, 11) is 0. The zero-order valence-corrected chi connectivity index (χ0v) is 33.6. The van der Waals surface area contributed by atoms with Gasteiger partial charge in [-0.25, -0.2) is 0 Å². The van der Waals surface area contributed by atoms with Gasteiger partial charge in [-0.3, -0.25) is 0 Å². The van der Waals surface area contributed by atoms with E-state index in [9.17, 15) is 0 Å². The molecule has 0 N–H and O–H groups in total. The second-order valence-electron chi connectivity index (χ2n) is 19.4. The van der Waals surface area contributed by atoms with Crippen molar-refractivity contribution >= 4 is 68.2 Å². The molecule has 0 saturated heterocycles. The maximum Gasteiger partial charge on any atom is 0.333 e. The molecule has 0 amide bonds. The van der Waals surface area contributed by atoms with Crippen molar-refractivity contribution in [2.75, 3.05) is 4.90 Å². The standard InChI is InChI=1S/C47H52BClN2/c1-27-37(49)26-40-42-41(27)35-24-31(47(11,12)13)23-34-33-22-29(45(5,6)7)16-20-38(33)51(43(34)35)48(42)36-25-30(46(8,9)10)17-21-39(36)50(40)32-18-14-28(15-19-32)44(2,3)4/h14-26H,1-13H3. The van der Waals surface area contributed by atoms with Crippen LogP contribution in [-0.2, 0) is 21.7 Å². The van der Waals surface area contributed by atoms with Crippen LogP contribution in [-0.4, -0.2) is 11.3 Å². The van der Waals surface area contributed by atoms with Gasteiger partial charge in [-0.1, -0.05) is 125 Å². The summed E-state index contributed by atoms with van der Waals surface area (Å²) in [4.78, 5) is 2.48. The van der Waals surface area contributed by atoms with Crippen molar-refractivity contribution in [2.45, 2.75) is 112 Å². The number of fused-ring (bicyclic) bond motifs is 7. The minimum atomic E-state index is -0.0286. The Bertz CT molecular complexity index is 2420. The molecule has 0 atom stereocenters. The molecule has 0 spiro atoms. The van der Waals surface area contributed by atoms with E-state index in [0.29, 0.717) is 0 Å². The van der Waals surface area contributed by atoms with E-state index in [2.05, 4.69) is 178 Å². The van der Waals surface area contributed by atoms with Crippen molar-refractivity contribution in [2.24, 2.45) is 0 Å². The zero-order chi connectivity index (χ0) is 36.7. The molecule has 2 aliphatic heterocycles. The monoisotopic (exact) mass is 690 g/mol. The third-order valence-corrected chi connectivity index (χ3v) is 12.0. The van der Waals surface area contributed by atoms with Crippen LogP contribution in [0, 0.1) is 6.92 Å². The smallest absolute Gasteiger partial charge is 0.333 e. The molecule has 2 nitrogen and oxygen atoms in total. The molecule has 0 aliphatic carbocycles. The predicted octanol–water partition coefficient (Wildman–Crippen LogP) is 12.4. The molecule has 8 rings (SSSR count). The van der Waals surface area contributed by atoms with E-state index in [4.69, 9.17) is 11.6 Å².